The highest BCUT2D eigenvalue weighted by Gasteiger charge is 2.51. The Kier molecular flexibility index (Phi) is 10.9. The molecule has 0 aromatic heterocycles. The van der Waals surface area contributed by atoms with Crippen LogP contribution in [0.5, 0.6) is 0 Å². The predicted molar refractivity (Wildman–Crippen MR) is 101 cm³/mol. The third-order valence-corrected chi connectivity index (χ3v) is 4.14. The first-order valence-corrected chi connectivity index (χ1v) is 9.75. The van der Waals surface area contributed by atoms with Crippen LogP contribution in [-0.2, 0) is 47.7 Å². The zero-order chi connectivity index (χ0) is 23.6. The van der Waals surface area contributed by atoms with Crippen LogP contribution in [0.4, 0.5) is 0 Å². The first-order valence-electron chi connectivity index (χ1n) is 9.75. The van der Waals surface area contributed by atoms with Crippen molar-refractivity contribution in [2.24, 2.45) is 0 Å². The average Bonchev–Trinajstić information content (AvgIpc) is 2.62. The standard InChI is InChI=1S/C19H29NO11/c1-10(21)20-16-18(30-13(4)24)17(29-12(3)23)14(9-28-11(2)22)31-19(16)27-8-6-5-7-15(25)26/h14,16-19H,5-9H2,1-4H3,(H,20,21)(H,25,26)/t14-,16-,17+,18?,19-/m1/s1. The molecule has 12 heteroatoms. The summed E-state index contributed by atoms with van der Waals surface area (Å²) < 4.78 is 27.1. The first kappa shape index (κ1) is 26.3. The Morgan fingerprint density at radius 3 is 2.03 bits per heavy atom. The molecule has 12 nitrogen and oxygen atoms in total. The van der Waals surface area contributed by atoms with Crippen LogP contribution >= 0.6 is 0 Å². The molecule has 5 atom stereocenters. The summed E-state index contributed by atoms with van der Waals surface area (Å²) in [5, 5.41) is 11.3. The molecule has 0 aromatic carbocycles. The van der Waals surface area contributed by atoms with Gasteiger partial charge in [-0.3, -0.25) is 24.0 Å². The number of carboxylic acids is 1. The highest BCUT2D eigenvalue weighted by molar-refractivity contribution is 5.73. The fourth-order valence-corrected chi connectivity index (χ4v) is 3.01. The average molecular weight is 447 g/mol. The van der Waals surface area contributed by atoms with Crippen LogP contribution in [-0.4, -0.2) is 78.7 Å². The number of rotatable bonds is 11. The molecule has 1 saturated heterocycles. The molecular formula is C19H29NO11. The number of esters is 3. The minimum absolute atomic E-state index is 0.0380. The number of hydrogen-bond donors (Lipinski definition) is 2. The fraction of sp³-hybridized carbons (Fsp3) is 0.737. The minimum Gasteiger partial charge on any atom is -0.481 e. The zero-order valence-corrected chi connectivity index (χ0v) is 18.0. The Labute approximate surface area is 179 Å². The van der Waals surface area contributed by atoms with Crippen LogP contribution in [0.15, 0.2) is 0 Å². The number of ether oxygens (including phenoxy) is 5. The molecule has 1 rings (SSSR count). The lowest BCUT2D eigenvalue weighted by molar-refractivity contribution is -0.277. The minimum atomic E-state index is -1.19. The van der Waals surface area contributed by atoms with Gasteiger partial charge in [0, 0.05) is 40.7 Å². The Morgan fingerprint density at radius 1 is 0.903 bits per heavy atom. The van der Waals surface area contributed by atoms with E-state index in [9.17, 15) is 24.0 Å². The van der Waals surface area contributed by atoms with Crippen molar-refractivity contribution in [2.75, 3.05) is 13.2 Å². The maximum Gasteiger partial charge on any atom is 0.303 e. The van der Waals surface area contributed by atoms with E-state index in [0.29, 0.717) is 12.8 Å². The zero-order valence-electron chi connectivity index (χ0n) is 18.0. The molecule has 0 spiro atoms. The van der Waals surface area contributed by atoms with Gasteiger partial charge in [0.25, 0.3) is 0 Å². The molecule has 31 heavy (non-hydrogen) atoms. The lowest BCUT2D eigenvalue weighted by Gasteiger charge is -2.44. The summed E-state index contributed by atoms with van der Waals surface area (Å²) >= 11 is 0. The Balaban J connectivity index is 3.11. The summed E-state index contributed by atoms with van der Waals surface area (Å²) in [6, 6.07) is -1.04. The summed E-state index contributed by atoms with van der Waals surface area (Å²) in [6.07, 6.45) is -3.87. The summed E-state index contributed by atoms with van der Waals surface area (Å²) in [5.41, 5.74) is 0. The second kappa shape index (κ2) is 12.8. The smallest absolute Gasteiger partial charge is 0.303 e. The van der Waals surface area contributed by atoms with Crippen LogP contribution in [0.3, 0.4) is 0 Å². The highest BCUT2D eigenvalue weighted by Crippen LogP contribution is 2.28. The van der Waals surface area contributed by atoms with Gasteiger partial charge in [0.2, 0.25) is 5.91 Å². The van der Waals surface area contributed by atoms with Crippen molar-refractivity contribution in [1.82, 2.24) is 5.32 Å². The molecule has 0 aliphatic carbocycles. The van der Waals surface area contributed by atoms with Crippen molar-refractivity contribution in [2.45, 2.75) is 77.6 Å². The van der Waals surface area contributed by atoms with E-state index in [0.717, 1.165) is 13.8 Å². The number of nitrogens with one attached hydrogen (secondary N) is 1. The Bertz CT molecular complexity index is 665. The van der Waals surface area contributed by atoms with Gasteiger partial charge in [-0.05, 0) is 12.8 Å². The van der Waals surface area contributed by atoms with E-state index in [1.165, 1.54) is 13.8 Å². The molecule has 176 valence electrons. The van der Waals surface area contributed by atoms with Gasteiger partial charge >= 0.3 is 23.9 Å². The summed E-state index contributed by atoms with van der Waals surface area (Å²) in [5.74, 6) is -3.43. The van der Waals surface area contributed by atoms with E-state index in [-0.39, 0.29) is 19.6 Å². The Morgan fingerprint density at radius 2 is 1.52 bits per heavy atom. The van der Waals surface area contributed by atoms with Gasteiger partial charge in [-0.1, -0.05) is 0 Å². The summed E-state index contributed by atoms with van der Waals surface area (Å²) in [4.78, 5) is 57.0. The summed E-state index contributed by atoms with van der Waals surface area (Å²) in [6.45, 7) is 4.47. The number of carboxylic acid groups (broad SMARTS) is 1. The van der Waals surface area contributed by atoms with Crippen LogP contribution in [0.1, 0.15) is 47.0 Å². The quantitative estimate of drug-likeness (QED) is 0.247. The number of hydrogen-bond acceptors (Lipinski definition) is 10. The monoisotopic (exact) mass is 447 g/mol. The van der Waals surface area contributed by atoms with Gasteiger partial charge in [-0.2, -0.15) is 0 Å². The van der Waals surface area contributed by atoms with Crippen molar-refractivity contribution in [3.05, 3.63) is 0 Å². The Hall–Kier alpha value is -2.73. The van der Waals surface area contributed by atoms with Crippen molar-refractivity contribution in [3.63, 3.8) is 0 Å². The third-order valence-electron chi connectivity index (χ3n) is 4.14. The fourth-order valence-electron chi connectivity index (χ4n) is 3.01. The number of aliphatic carboxylic acids is 1. The molecule has 0 aromatic rings. The van der Waals surface area contributed by atoms with E-state index < -0.39 is 60.4 Å². The van der Waals surface area contributed by atoms with E-state index in [2.05, 4.69) is 5.32 Å². The van der Waals surface area contributed by atoms with Gasteiger partial charge in [0.05, 0.1) is 0 Å². The molecule has 0 saturated carbocycles. The van der Waals surface area contributed by atoms with Gasteiger partial charge in [0.1, 0.15) is 18.8 Å². The molecular weight excluding hydrogens is 418 g/mol. The molecule has 1 unspecified atom stereocenters. The lowest BCUT2D eigenvalue weighted by Crippen LogP contribution is -2.66. The maximum atomic E-state index is 11.8. The topological polar surface area (TPSA) is 164 Å². The molecule has 1 heterocycles. The molecule has 1 aliphatic heterocycles. The largest absolute Gasteiger partial charge is 0.481 e. The number of carbonyl (C=O) groups excluding carboxylic acids is 4. The van der Waals surface area contributed by atoms with Crippen molar-refractivity contribution in [3.8, 4) is 0 Å². The van der Waals surface area contributed by atoms with E-state index >= 15 is 0 Å². The predicted octanol–water partition coefficient (Wildman–Crippen LogP) is -0.0860. The van der Waals surface area contributed by atoms with Crippen LogP contribution in [0.2, 0.25) is 0 Å². The molecule has 2 N–H and O–H groups in total. The lowest BCUT2D eigenvalue weighted by atomic mass is 9.96. The SMILES string of the molecule is CC(=O)N[C@@H]1C(OC(C)=O)[C@@H](OC(C)=O)[C@@H](COC(C)=O)O[C@H]1OCCCCC(=O)O. The first-order chi connectivity index (χ1) is 14.5. The van der Waals surface area contributed by atoms with Gasteiger partial charge in [-0.15, -0.1) is 0 Å². The van der Waals surface area contributed by atoms with Crippen molar-refractivity contribution < 1.29 is 52.8 Å². The van der Waals surface area contributed by atoms with Gasteiger partial charge in [0.15, 0.2) is 18.5 Å². The van der Waals surface area contributed by atoms with Gasteiger partial charge in [-0.25, -0.2) is 0 Å². The maximum absolute atomic E-state index is 11.8. The number of carbonyl (C=O) groups is 5. The van der Waals surface area contributed by atoms with E-state index in [4.69, 9.17) is 28.8 Å². The normalized spacial score (nSPS) is 25.2. The van der Waals surface area contributed by atoms with Crippen molar-refractivity contribution >= 4 is 29.8 Å². The summed E-state index contributed by atoms with van der Waals surface area (Å²) in [7, 11) is 0. The van der Waals surface area contributed by atoms with E-state index in [1.54, 1.807) is 0 Å². The van der Waals surface area contributed by atoms with Crippen molar-refractivity contribution in [1.29, 1.82) is 0 Å². The molecule has 1 amide bonds. The molecule has 0 radical (unpaired) electrons. The second-order valence-corrected chi connectivity index (χ2v) is 6.94. The molecule has 1 aliphatic rings. The van der Waals surface area contributed by atoms with Crippen LogP contribution < -0.4 is 5.32 Å². The molecule has 0 bridgehead atoms. The number of amides is 1. The van der Waals surface area contributed by atoms with Crippen LogP contribution in [0.25, 0.3) is 0 Å². The third kappa shape index (κ3) is 9.75. The van der Waals surface area contributed by atoms with E-state index in [1.807, 2.05) is 0 Å². The van der Waals surface area contributed by atoms with Gasteiger partial charge < -0.3 is 34.1 Å². The highest BCUT2D eigenvalue weighted by atomic mass is 16.7. The number of unbranched alkanes of at least 4 members (excludes halogenated alkanes) is 1. The molecule has 1 fully saturated rings. The van der Waals surface area contributed by atoms with Crippen LogP contribution in [0, 0.1) is 0 Å². The second-order valence-electron chi connectivity index (χ2n) is 6.94.